The SMILES string of the molecule is Clc1ccc2c(c1)-c1nnc(COc3ccccc3)n1Cc1c(Br)ncn1-2. The molecule has 1 aliphatic rings. The van der Waals surface area contributed by atoms with Crippen LogP contribution in [0.4, 0.5) is 0 Å². The van der Waals surface area contributed by atoms with E-state index in [-0.39, 0.29) is 0 Å². The first-order valence-electron chi connectivity index (χ1n) is 8.32. The summed E-state index contributed by atoms with van der Waals surface area (Å²) in [7, 11) is 0. The predicted molar refractivity (Wildman–Crippen MR) is 105 cm³/mol. The summed E-state index contributed by atoms with van der Waals surface area (Å²) >= 11 is 9.81. The molecule has 2 aromatic heterocycles. The maximum atomic E-state index is 6.26. The molecule has 1 aliphatic heterocycles. The molecule has 0 spiro atoms. The Morgan fingerprint density at radius 1 is 1.11 bits per heavy atom. The van der Waals surface area contributed by atoms with Crippen LogP contribution in [0.2, 0.25) is 5.02 Å². The van der Waals surface area contributed by atoms with Crippen LogP contribution in [0, 0.1) is 0 Å². The fraction of sp³-hybridized carbons (Fsp3) is 0.105. The van der Waals surface area contributed by atoms with Gasteiger partial charge < -0.3 is 9.30 Å². The van der Waals surface area contributed by atoms with Crippen molar-refractivity contribution in [2.75, 3.05) is 0 Å². The summed E-state index contributed by atoms with van der Waals surface area (Å²) < 4.78 is 10.8. The molecule has 0 saturated heterocycles. The molecule has 0 bridgehead atoms. The molecular weight excluding hydrogens is 430 g/mol. The van der Waals surface area contributed by atoms with E-state index in [0.717, 1.165) is 38.9 Å². The lowest BCUT2D eigenvalue weighted by Crippen LogP contribution is -2.10. The van der Waals surface area contributed by atoms with E-state index in [1.807, 2.05) is 57.7 Å². The second kappa shape index (κ2) is 6.51. The van der Waals surface area contributed by atoms with E-state index in [4.69, 9.17) is 16.3 Å². The van der Waals surface area contributed by atoms with Crippen molar-refractivity contribution in [1.29, 1.82) is 0 Å². The van der Waals surface area contributed by atoms with E-state index in [1.54, 1.807) is 6.33 Å². The van der Waals surface area contributed by atoms with Gasteiger partial charge in [-0.3, -0.25) is 4.57 Å². The number of rotatable bonds is 3. The van der Waals surface area contributed by atoms with Gasteiger partial charge in [0.25, 0.3) is 0 Å². The minimum absolute atomic E-state index is 0.318. The molecule has 0 aliphatic carbocycles. The van der Waals surface area contributed by atoms with Gasteiger partial charge >= 0.3 is 0 Å². The van der Waals surface area contributed by atoms with Gasteiger partial charge in [-0.15, -0.1) is 10.2 Å². The number of aromatic nitrogens is 5. The molecule has 134 valence electrons. The lowest BCUT2D eigenvalue weighted by Gasteiger charge is -2.09. The number of fused-ring (bicyclic) bond motifs is 5. The molecule has 3 heterocycles. The molecule has 0 fully saturated rings. The van der Waals surface area contributed by atoms with E-state index in [0.29, 0.717) is 18.2 Å². The first kappa shape index (κ1) is 16.5. The molecule has 0 saturated carbocycles. The van der Waals surface area contributed by atoms with Crippen LogP contribution in [0.15, 0.2) is 59.5 Å². The molecule has 8 heteroatoms. The second-order valence-electron chi connectivity index (χ2n) is 6.14. The molecule has 27 heavy (non-hydrogen) atoms. The quantitative estimate of drug-likeness (QED) is 0.413. The lowest BCUT2D eigenvalue weighted by atomic mass is 10.1. The Morgan fingerprint density at radius 2 is 1.96 bits per heavy atom. The van der Waals surface area contributed by atoms with Crippen LogP contribution in [0.5, 0.6) is 5.75 Å². The average molecular weight is 443 g/mol. The third-order valence-electron chi connectivity index (χ3n) is 4.52. The Balaban J connectivity index is 1.61. The number of ether oxygens (including phenoxy) is 1. The minimum Gasteiger partial charge on any atom is -0.486 e. The topological polar surface area (TPSA) is 57.8 Å². The van der Waals surface area contributed by atoms with Crippen molar-refractivity contribution in [2.45, 2.75) is 13.2 Å². The molecular formula is C19H13BrClN5O. The van der Waals surface area contributed by atoms with Crippen LogP contribution in [0.3, 0.4) is 0 Å². The molecule has 0 atom stereocenters. The van der Waals surface area contributed by atoms with Crippen molar-refractivity contribution in [1.82, 2.24) is 24.3 Å². The third-order valence-corrected chi connectivity index (χ3v) is 5.42. The molecule has 0 amide bonds. The molecule has 0 unspecified atom stereocenters. The molecule has 0 N–H and O–H groups in total. The zero-order valence-corrected chi connectivity index (χ0v) is 16.4. The highest BCUT2D eigenvalue weighted by Gasteiger charge is 2.25. The van der Waals surface area contributed by atoms with E-state index in [2.05, 4.69) is 31.1 Å². The van der Waals surface area contributed by atoms with Gasteiger partial charge in [0, 0.05) is 10.6 Å². The highest BCUT2D eigenvalue weighted by Crippen LogP contribution is 2.35. The summed E-state index contributed by atoms with van der Waals surface area (Å²) in [6.45, 7) is 0.890. The fourth-order valence-electron chi connectivity index (χ4n) is 3.22. The number of imidazole rings is 1. The molecule has 2 aromatic carbocycles. The Labute approximate surface area is 168 Å². The molecule has 4 aromatic rings. The van der Waals surface area contributed by atoms with Gasteiger partial charge in [0.15, 0.2) is 11.6 Å². The standard InChI is InChI=1S/C19H13BrClN5O/c20-18-16-9-25-17(10-27-13-4-2-1-3-5-13)23-24-19(25)14-8-12(21)6-7-15(14)26(16)11-22-18/h1-8,11H,9-10H2. The number of benzene rings is 2. The van der Waals surface area contributed by atoms with Crippen LogP contribution < -0.4 is 4.74 Å². The van der Waals surface area contributed by atoms with Crippen LogP contribution in [0.1, 0.15) is 11.5 Å². The minimum atomic E-state index is 0.318. The van der Waals surface area contributed by atoms with Crippen molar-refractivity contribution in [3.8, 4) is 22.8 Å². The van der Waals surface area contributed by atoms with Crippen LogP contribution in [-0.4, -0.2) is 24.3 Å². The maximum Gasteiger partial charge on any atom is 0.171 e. The number of halogens is 2. The highest BCUT2D eigenvalue weighted by molar-refractivity contribution is 9.10. The number of nitrogens with zero attached hydrogens (tertiary/aromatic N) is 5. The highest BCUT2D eigenvalue weighted by atomic mass is 79.9. The normalized spacial score (nSPS) is 12.1. The largest absolute Gasteiger partial charge is 0.486 e. The van der Waals surface area contributed by atoms with Gasteiger partial charge in [-0.2, -0.15) is 0 Å². The predicted octanol–water partition coefficient (Wildman–Crippen LogP) is 4.49. The summed E-state index contributed by atoms with van der Waals surface area (Å²) in [5, 5.41) is 9.45. The van der Waals surface area contributed by atoms with E-state index in [1.165, 1.54) is 0 Å². The van der Waals surface area contributed by atoms with E-state index < -0.39 is 0 Å². The fourth-order valence-corrected chi connectivity index (χ4v) is 3.80. The van der Waals surface area contributed by atoms with Gasteiger partial charge in [-0.1, -0.05) is 29.8 Å². The first-order chi connectivity index (χ1) is 13.2. The number of para-hydroxylation sites is 1. The summed E-state index contributed by atoms with van der Waals surface area (Å²) in [6.07, 6.45) is 1.80. The Kier molecular flexibility index (Phi) is 3.98. The van der Waals surface area contributed by atoms with Crippen LogP contribution in [0.25, 0.3) is 17.1 Å². The average Bonchev–Trinajstić information content (AvgIpc) is 3.22. The Hall–Kier alpha value is -2.64. The summed E-state index contributed by atoms with van der Waals surface area (Å²) in [4.78, 5) is 4.40. The van der Waals surface area contributed by atoms with Gasteiger partial charge in [0.1, 0.15) is 23.3 Å². The van der Waals surface area contributed by atoms with Crippen molar-refractivity contribution in [3.05, 3.63) is 76.0 Å². The molecule has 6 nitrogen and oxygen atoms in total. The van der Waals surface area contributed by atoms with Gasteiger partial charge in [0.2, 0.25) is 0 Å². The molecule has 5 rings (SSSR count). The monoisotopic (exact) mass is 441 g/mol. The van der Waals surface area contributed by atoms with Crippen molar-refractivity contribution in [3.63, 3.8) is 0 Å². The first-order valence-corrected chi connectivity index (χ1v) is 9.50. The summed E-state index contributed by atoms with van der Waals surface area (Å²) in [5.74, 6) is 2.29. The summed E-state index contributed by atoms with van der Waals surface area (Å²) in [5.41, 5.74) is 2.89. The Bertz CT molecular complexity index is 1140. The van der Waals surface area contributed by atoms with Crippen LogP contribution in [-0.2, 0) is 13.2 Å². The van der Waals surface area contributed by atoms with Crippen molar-refractivity contribution < 1.29 is 4.74 Å². The van der Waals surface area contributed by atoms with Crippen molar-refractivity contribution >= 4 is 27.5 Å². The van der Waals surface area contributed by atoms with Gasteiger partial charge in [0.05, 0.1) is 17.9 Å². The molecule has 0 radical (unpaired) electrons. The maximum absolute atomic E-state index is 6.26. The Morgan fingerprint density at radius 3 is 2.81 bits per heavy atom. The second-order valence-corrected chi connectivity index (χ2v) is 7.33. The van der Waals surface area contributed by atoms with E-state index >= 15 is 0 Å². The zero-order chi connectivity index (χ0) is 18.4. The van der Waals surface area contributed by atoms with Crippen LogP contribution >= 0.6 is 27.5 Å². The van der Waals surface area contributed by atoms with Gasteiger partial charge in [-0.25, -0.2) is 4.98 Å². The lowest BCUT2D eigenvalue weighted by molar-refractivity contribution is 0.290. The number of hydrogen-bond donors (Lipinski definition) is 0. The van der Waals surface area contributed by atoms with E-state index in [9.17, 15) is 0 Å². The van der Waals surface area contributed by atoms with Crippen molar-refractivity contribution in [2.24, 2.45) is 0 Å². The zero-order valence-electron chi connectivity index (χ0n) is 14.0. The van der Waals surface area contributed by atoms with Gasteiger partial charge in [-0.05, 0) is 46.3 Å². The number of hydrogen-bond acceptors (Lipinski definition) is 4. The summed E-state index contributed by atoms with van der Waals surface area (Å²) in [6, 6.07) is 15.4. The smallest absolute Gasteiger partial charge is 0.171 e. The third kappa shape index (κ3) is 2.83.